The zero-order valence-electron chi connectivity index (χ0n) is 16.1. The topological polar surface area (TPSA) is 132 Å². The molecule has 2 aliphatic carbocycles. The van der Waals surface area contributed by atoms with Crippen LogP contribution in [0.15, 0.2) is 0 Å². The van der Waals surface area contributed by atoms with Crippen LogP contribution in [0, 0.1) is 17.3 Å². The van der Waals surface area contributed by atoms with Crippen molar-refractivity contribution in [2.45, 2.75) is 58.7 Å². The van der Waals surface area contributed by atoms with E-state index < -0.39 is 60.1 Å². The Bertz CT molecular complexity index is 663. The molecular weight excluding hydrogens is 396 g/mol. The summed E-state index contributed by atoms with van der Waals surface area (Å²) in [5.41, 5.74) is -0.714. The third-order valence-corrected chi connectivity index (χ3v) is 5.78. The van der Waals surface area contributed by atoms with Crippen molar-refractivity contribution in [3.8, 4) is 0 Å². The summed E-state index contributed by atoms with van der Waals surface area (Å²) in [5.74, 6) is -1.37. The summed E-state index contributed by atoms with van der Waals surface area (Å²) in [5, 5.41) is 0. The molecule has 0 spiro atoms. The van der Waals surface area contributed by atoms with Crippen LogP contribution in [0.2, 0.25) is 0 Å². The first-order valence-electron chi connectivity index (χ1n) is 9.11. The number of thiol groups is 1. The van der Waals surface area contributed by atoms with Crippen LogP contribution in [-0.2, 0) is 43.7 Å². The van der Waals surface area contributed by atoms with E-state index in [-0.39, 0.29) is 11.8 Å². The first kappa shape index (κ1) is 22.4. The molecule has 2 bridgehead atoms. The van der Waals surface area contributed by atoms with E-state index in [0.29, 0.717) is 6.42 Å². The van der Waals surface area contributed by atoms with Crippen molar-refractivity contribution in [2.24, 2.45) is 17.3 Å². The van der Waals surface area contributed by atoms with Crippen LogP contribution in [0.25, 0.3) is 0 Å². The Morgan fingerprint density at radius 2 is 1.64 bits per heavy atom. The van der Waals surface area contributed by atoms with E-state index in [9.17, 15) is 22.8 Å². The maximum absolute atomic E-state index is 11.8. The van der Waals surface area contributed by atoms with Gasteiger partial charge in [-0.3, -0.25) is 8.98 Å². The standard InChI is InChI=1S/C17H26O10S/c1-4-17(2,3)15(19)23-8-12(18)24-9-25-16(20)26-13-10-5-6-11(7-10)14(13)27-28(21)22/h10-11,13-14,28H,4-9H2,1-3H3. The lowest BCUT2D eigenvalue weighted by molar-refractivity contribution is -0.170. The highest BCUT2D eigenvalue weighted by atomic mass is 32.2. The molecule has 0 aliphatic heterocycles. The van der Waals surface area contributed by atoms with Crippen LogP contribution in [0.3, 0.4) is 0 Å². The quantitative estimate of drug-likeness (QED) is 0.251. The van der Waals surface area contributed by atoms with Crippen LogP contribution in [0.4, 0.5) is 4.79 Å². The number of esters is 2. The molecule has 0 aromatic rings. The minimum Gasteiger partial charge on any atom is -0.453 e. The third-order valence-electron chi connectivity index (χ3n) is 5.36. The highest BCUT2D eigenvalue weighted by Gasteiger charge is 2.51. The van der Waals surface area contributed by atoms with Gasteiger partial charge in [-0.1, -0.05) is 6.92 Å². The lowest BCUT2D eigenvalue weighted by Gasteiger charge is -2.28. The molecule has 0 saturated heterocycles. The minimum atomic E-state index is -3.06. The molecule has 10 nitrogen and oxygen atoms in total. The van der Waals surface area contributed by atoms with E-state index in [1.807, 2.05) is 6.92 Å². The van der Waals surface area contributed by atoms with Gasteiger partial charge in [0.25, 0.3) is 11.0 Å². The lowest BCUT2D eigenvalue weighted by Crippen LogP contribution is -2.38. The van der Waals surface area contributed by atoms with Crippen LogP contribution in [-0.4, -0.2) is 52.1 Å². The van der Waals surface area contributed by atoms with Gasteiger partial charge in [0.15, 0.2) is 6.61 Å². The molecule has 0 heterocycles. The van der Waals surface area contributed by atoms with Gasteiger partial charge in [0.2, 0.25) is 6.79 Å². The third kappa shape index (κ3) is 5.81. The average molecular weight is 422 g/mol. The highest BCUT2D eigenvalue weighted by molar-refractivity contribution is 7.67. The molecule has 4 unspecified atom stereocenters. The predicted octanol–water partition coefficient (Wildman–Crippen LogP) is 1.33. The molecule has 160 valence electrons. The average Bonchev–Trinajstić information content (AvgIpc) is 3.22. The zero-order chi connectivity index (χ0) is 20.9. The molecule has 28 heavy (non-hydrogen) atoms. The van der Waals surface area contributed by atoms with Crippen LogP contribution < -0.4 is 0 Å². The number of fused-ring (bicyclic) bond motifs is 2. The van der Waals surface area contributed by atoms with E-state index >= 15 is 0 Å². The van der Waals surface area contributed by atoms with Gasteiger partial charge in [-0.2, -0.15) is 0 Å². The van der Waals surface area contributed by atoms with Gasteiger partial charge in [-0.05, 0) is 51.4 Å². The lowest BCUT2D eigenvalue weighted by atomic mass is 9.91. The molecule has 2 aliphatic rings. The second kappa shape index (κ2) is 9.55. The Morgan fingerprint density at radius 1 is 1.00 bits per heavy atom. The van der Waals surface area contributed by atoms with Crippen molar-refractivity contribution in [3.05, 3.63) is 0 Å². The van der Waals surface area contributed by atoms with Crippen molar-refractivity contribution in [3.63, 3.8) is 0 Å². The second-order valence-corrected chi connectivity index (χ2v) is 8.21. The number of carbonyl (C=O) groups is 3. The zero-order valence-corrected chi connectivity index (χ0v) is 17.0. The van der Waals surface area contributed by atoms with Gasteiger partial charge in [-0.15, -0.1) is 0 Å². The van der Waals surface area contributed by atoms with Gasteiger partial charge < -0.3 is 18.9 Å². The second-order valence-electron chi connectivity index (χ2n) is 7.55. The SMILES string of the molecule is CCC(C)(C)C(=O)OCC(=O)OCOC(=O)OC1C2CCC(C2)C1O[SH](=O)=O. The summed E-state index contributed by atoms with van der Waals surface area (Å²) < 4.78 is 45.9. The number of rotatable bonds is 9. The Morgan fingerprint density at radius 3 is 2.25 bits per heavy atom. The van der Waals surface area contributed by atoms with Crippen molar-refractivity contribution in [1.29, 1.82) is 0 Å². The maximum Gasteiger partial charge on any atom is 0.511 e. The summed E-state index contributed by atoms with van der Waals surface area (Å²) in [6, 6.07) is 0. The molecule has 2 saturated carbocycles. The molecule has 4 atom stereocenters. The minimum absolute atomic E-state index is 0.0152. The molecule has 0 aromatic heterocycles. The molecule has 2 rings (SSSR count). The number of carbonyl (C=O) groups excluding carboxylic acids is 3. The summed E-state index contributed by atoms with van der Waals surface area (Å²) in [7, 11) is -3.06. The van der Waals surface area contributed by atoms with E-state index in [0.717, 1.165) is 19.3 Å². The molecule has 0 amide bonds. The Kier molecular flexibility index (Phi) is 7.64. The van der Waals surface area contributed by atoms with Crippen molar-refractivity contribution in [1.82, 2.24) is 0 Å². The largest absolute Gasteiger partial charge is 0.511 e. The number of ether oxygens (including phenoxy) is 4. The van der Waals surface area contributed by atoms with Gasteiger partial charge in [0.05, 0.1) is 5.41 Å². The number of hydrogen-bond donors (Lipinski definition) is 1. The van der Waals surface area contributed by atoms with Gasteiger partial charge in [0, 0.05) is 0 Å². The van der Waals surface area contributed by atoms with Crippen LogP contribution in [0.5, 0.6) is 0 Å². The van der Waals surface area contributed by atoms with E-state index in [2.05, 4.69) is 9.47 Å². The van der Waals surface area contributed by atoms with Crippen LogP contribution in [0.1, 0.15) is 46.5 Å². The fourth-order valence-corrected chi connectivity index (χ4v) is 3.88. The molecule has 11 heteroatoms. The Balaban J connectivity index is 1.69. The summed E-state index contributed by atoms with van der Waals surface area (Å²) in [6.07, 6.45) is 0.378. The Labute approximate surface area is 164 Å². The number of hydrogen-bond acceptors (Lipinski definition) is 10. The fraction of sp³-hybridized carbons (Fsp3) is 0.824. The molecular formula is C17H26O10S. The van der Waals surface area contributed by atoms with E-state index in [1.54, 1.807) is 13.8 Å². The van der Waals surface area contributed by atoms with Crippen molar-refractivity contribution in [2.75, 3.05) is 13.4 Å². The summed E-state index contributed by atoms with van der Waals surface area (Å²) >= 11 is 0. The molecule has 2 fully saturated rings. The fourth-order valence-electron chi connectivity index (χ4n) is 3.39. The molecule has 0 aromatic carbocycles. The maximum atomic E-state index is 11.8. The van der Waals surface area contributed by atoms with Gasteiger partial charge in [0.1, 0.15) is 12.2 Å². The monoisotopic (exact) mass is 422 g/mol. The van der Waals surface area contributed by atoms with E-state index in [4.69, 9.17) is 13.7 Å². The normalized spacial score (nSPS) is 26.1. The predicted molar refractivity (Wildman–Crippen MR) is 93.4 cm³/mol. The van der Waals surface area contributed by atoms with Crippen molar-refractivity contribution >= 4 is 29.1 Å². The van der Waals surface area contributed by atoms with E-state index in [1.165, 1.54) is 0 Å². The first-order valence-corrected chi connectivity index (χ1v) is 10.2. The summed E-state index contributed by atoms with van der Waals surface area (Å²) in [6.45, 7) is 3.89. The summed E-state index contributed by atoms with van der Waals surface area (Å²) in [4.78, 5) is 35.1. The molecule has 0 N–H and O–H groups in total. The van der Waals surface area contributed by atoms with Gasteiger partial charge in [-0.25, -0.2) is 18.0 Å². The Hall–Kier alpha value is -1.88. The highest BCUT2D eigenvalue weighted by Crippen LogP contribution is 2.47. The van der Waals surface area contributed by atoms with Crippen LogP contribution >= 0.6 is 0 Å². The van der Waals surface area contributed by atoms with Gasteiger partial charge >= 0.3 is 18.1 Å². The first-order chi connectivity index (χ1) is 13.1. The molecule has 0 radical (unpaired) electrons. The van der Waals surface area contributed by atoms with Crippen molar-refractivity contribution < 1.29 is 45.9 Å². The smallest absolute Gasteiger partial charge is 0.453 e.